The van der Waals surface area contributed by atoms with Crippen LogP contribution >= 0.6 is 0 Å². The normalized spacial score (nSPS) is 30.1. The predicted molar refractivity (Wildman–Crippen MR) is 293 cm³/mol. The van der Waals surface area contributed by atoms with Gasteiger partial charge in [0.05, 0.1) is 60.7 Å². The van der Waals surface area contributed by atoms with Crippen LogP contribution in [-0.2, 0) is 30.2 Å². The van der Waals surface area contributed by atoms with Crippen molar-refractivity contribution in [1.82, 2.24) is 0 Å². The molecule has 3 N–H and O–H groups in total. The van der Waals surface area contributed by atoms with Gasteiger partial charge in [0.15, 0.2) is 23.0 Å². The lowest BCUT2D eigenvalue weighted by molar-refractivity contribution is -0.219. The molecule has 0 spiro atoms. The Morgan fingerprint density at radius 3 is 2.11 bits per heavy atom. The zero-order chi connectivity index (χ0) is 57.2. The number of benzene rings is 2. The van der Waals surface area contributed by atoms with E-state index in [1.54, 1.807) is 70.6 Å². The summed E-state index contributed by atoms with van der Waals surface area (Å²) >= 11 is 0. The molecule has 428 valence electrons. The van der Waals surface area contributed by atoms with Crippen molar-refractivity contribution in [3.05, 3.63) is 105 Å². The Morgan fingerprint density at radius 2 is 1.53 bits per heavy atom. The number of ketones is 3. The van der Waals surface area contributed by atoms with Crippen molar-refractivity contribution >= 4 is 40.3 Å². The second kappa shape index (κ2) is 24.0. The van der Waals surface area contributed by atoms with E-state index < -0.39 is 76.3 Å². The van der Waals surface area contributed by atoms with Gasteiger partial charge in [0.25, 0.3) is 6.29 Å². The van der Waals surface area contributed by atoms with Gasteiger partial charge in [-0.25, -0.2) is 18.8 Å². The summed E-state index contributed by atoms with van der Waals surface area (Å²) < 4.78 is 50.1. The number of hydrogen-bond donors (Lipinski definition) is 3. The fourth-order valence-corrected chi connectivity index (χ4v) is 14.2. The molecule has 3 heterocycles. The molecule has 12 atom stereocenters. The molecule has 79 heavy (non-hydrogen) atoms. The molecule has 7 aliphatic rings. The Balaban J connectivity index is 0.000000157. The lowest BCUT2D eigenvalue weighted by atomic mass is 9.44. The second-order valence-electron chi connectivity index (χ2n) is 23.2. The smallest absolute Gasteiger partial charge is 0.347 e. The largest absolute Gasteiger partial charge is 0.496 e. The zero-order valence-electron chi connectivity index (χ0n) is 47.0. The summed E-state index contributed by atoms with van der Waals surface area (Å²) in [5.41, 5.74) is -3.09. The third-order valence-corrected chi connectivity index (χ3v) is 18.9. The number of fused-ring (bicyclic) bond motifs is 12. The molecule has 16 heteroatoms. The minimum atomic E-state index is -1.98. The highest BCUT2D eigenvalue weighted by atomic mass is 19.1. The van der Waals surface area contributed by atoms with Crippen molar-refractivity contribution in [1.29, 1.82) is 0 Å². The molecule has 3 fully saturated rings. The van der Waals surface area contributed by atoms with Crippen molar-refractivity contribution in [3.63, 3.8) is 0 Å². The molecule has 0 saturated heterocycles. The third kappa shape index (κ3) is 10.4. The Morgan fingerprint density at radius 1 is 0.899 bits per heavy atom. The van der Waals surface area contributed by atoms with Gasteiger partial charge >= 0.3 is 17.6 Å². The summed E-state index contributed by atoms with van der Waals surface area (Å²) in [5, 5.41) is 32.7. The van der Waals surface area contributed by atoms with Crippen LogP contribution in [0.15, 0.2) is 75.7 Å². The van der Waals surface area contributed by atoms with Crippen molar-refractivity contribution in [2.45, 2.75) is 168 Å². The summed E-state index contributed by atoms with van der Waals surface area (Å²) in [7, 11) is 1.54. The first-order valence-electron chi connectivity index (χ1n) is 28.6. The van der Waals surface area contributed by atoms with E-state index in [4.69, 9.17) is 28.1 Å². The molecule has 4 unspecified atom stereocenters. The van der Waals surface area contributed by atoms with E-state index in [1.807, 2.05) is 6.08 Å². The third-order valence-electron chi connectivity index (χ3n) is 18.9. The van der Waals surface area contributed by atoms with Crippen LogP contribution < -0.4 is 15.1 Å². The highest BCUT2D eigenvalue weighted by Gasteiger charge is 2.75. The number of methoxy groups -OCH3 is 1. The number of Topliss-reactive ketones (excluding diaryl/α,β-unsaturated/α-hetero) is 2. The number of unbranched alkanes of at least 4 members (excludes halogenated alkanes) is 2. The number of hydrogen-bond acceptors (Lipinski definition) is 15. The number of aliphatic hydroxyl groups is 3. The van der Waals surface area contributed by atoms with Crippen LogP contribution in [0.25, 0.3) is 11.0 Å². The number of allylic oxidation sites excluding steroid dienone is 4. The number of esters is 2. The fourth-order valence-electron chi connectivity index (χ4n) is 14.2. The van der Waals surface area contributed by atoms with Crippen LogP contribution in [-0.4, -0.2) is 95.2 Å². The maximum absolute atomic E-state index is 16.9. The molecular weight excluding hydrogens is 1020 g/mol. The lowest BCUT2D eigenvalue weighted by Gasteiger charge is -2.62. The van der Waals surface area contributed by atoms with Gasteiger partial charge in [-0.2, -0.15) is 0 Å². The molecular formula is C63H79FO15. The van der Waals surface area contributed by atoms with E-state index in [0.717, 1.165) is 56.9 Å². The van der Waals surface area contributed by atoms with Gasteiger partial charge in [0, 0.05) is 29.2 Å². The van der Waals surface area contributed by atoms with E-state index >= 15 is 4.39 Å². The predicted octanol–water partition coefficient (Wildman–Crippen LogP) is 10.6. The Labute approximate surface area is 461 Å². The summed E-state index contributed by atoms with van der Waals surface area (Å²) in [6.07, 6.45) is 16.9. The maximum atomic E-state index is 16.9. The van der Waals surface area contributed by atoms with Gasteiger partial charge in [0.1, 0.15) is 34.9 Å². The number of halogens is 1. The van der Waals surface area contributed by atoms with Crippen LogP contribution in [0.5, 0.6) is 11.5 Å². The molecule has 0 amide bonds. The van der Waals surface area contributed by atoms with Crippen molar-refractivity contribution in [2.75, 3.05) is 26.9 Å². The summed E-state index contributed by atoms with van der Waals surface area (Å²) in [5.74, 6) is -1.45. The van der Waals surface area contributed by atoms with E-state index in [1.165, 1.54) is 12.2 Å². The molecule has 3 saturated carbocycles. The quantitative estimate of drug-likeness (QED) is 0.0845. The average molecular weight is 1100 g/mol. The molecule has 0 radical (unpaired) electrons. The molecule has 3 aromatic rings. The van der Waals surface area contributed by atoms with Crippen molar-refractivity contribution in [3.8, 4) is 11.5 Å². The number of aliphatic hydroxyl groups excluding tert-OH is 2. The number of alkyl halides is 1. The first-order chi connectivity index (χ1) is 37.7. The van der Waals surface area contributed by atoms with Crippen LogP contribution in [0, 0.1) is 40.4 Å². The average Bonchev–Trinajstić information content (AvgIpc) is 4.28. The molecule has 15 nitrogen and oxygen atoms in total. The molecule has 1 aromatic heterocycles. The number of rotatable bonds is 17. The topological polar surface area (TPSA) is 222 Å². The highest BCUT2D eigenvalue weighted by molar-refractivity contribution is 6.06. The second-order valence-corrected chi connectivity index (χ2v) is 23.2. The highest BCUT2D eigenvalue weighted by Crippen LogP contribution is 2.70. The van der Waals surface area contributed by atoms with Gasteiger partial charge in [-0.1, -0.05) is 104 Å². The molecule has 2 aromatic carbocycles. The first kappa shape index (κ1) is 59.2. The minimum Gasteiger partial charge on any atom is -0.496 e. The number of carbonyl (C=O) groups excluding carboxylic acids is 5. The number of carbonyl (C=O) groups is 5. The monoisotopic (exact) mass is 1090 g/mol. The first-order valence-corrected chi connectivity index (χ1v) is 28.6. The van der Waals surface area contributed by atoms with Crippen LogP contribution in [0.1, 0.15) is 180 Å². The Bertz CT molecular complexity index is 2920. The molecule has 0 bridgehead atoms. The van der Waals surface area contributed by atoms with E-state index in [0.29, 0.717) is 102 Å². The van der Waals surface area contributed by atoms with Crippen LogP contribution in [0.2, 0.25) is 0 Å². The summed E-state index contributed by atoms with van der Waals surface area (Å²) in [6.45, 7) is 13.8. The van der Waals surface area contributed by atoms with Gasteiger partial charge in [-0.3, -0.25) is 14.4 Å². The van der Waals surface area contributed by atoms with Gasteiger partial charge in [0.2, 0.25) is 0 Å². The van der Waals surface area contributed by atoms with Gasteiger partial charge < -0.3 is 43.4 Å². The molecule has 10 rings (SSSR count). The van der Waals surface area contributed by atoms with Crippen molar-refractivity contribution < 1.29 is 71.8 Å². The van der Waals surface area contributed by atoms with E-state index in [-0.39, 0.29) is 35.4 Å². The zero-order valence-corrected chi connectivity index (χ0v) is 47.0. The minimum absolute atomic E-state index is 0.0676. The Kier molecular flexibility index (Phi) is 18.0. The maximum Gasteiger partial charge on any atom is 0.347 e. The number of ether oxygens (including phenoxy) is 5. The number of aryl methyl sites for hydroxylation is 1. The Hall–Kier alpha value is -5.97. The lowest BCUT2D eigenvalue weighted by Crippen LogP contribution is -2.69. The van der Waals surface area contributed by atoms with Gasteiger partial charge in [-0.15, -0.1) is 0 Å². The standard InChI is InChI=1S/C24H38O4.C22H29FO5.C17H12O6/c1-5-9-13-19(7-3)17-27-23(25)21-15-11-12-16-22(21)24(26)28-18-20(8-4)14-10-6-2;1-12-8-16-15-5-4-13-9-14(25)6-7-19(13,2)21(15,23)17(26)10-20(16,3)22(12,28)18(27)11-24;1-20-10-6-11-14(8-4-5-21-17(8)22-11)15-13(10)7-2-3-9(18)12(7)16(19)23-15/h11-12,15-16,19-20H,5-10,13-14,17-18H2,1-4H3;6-7,9,12,15-17,24,26,28H,4-5,8,10-11H2,1-3H3;4-6,8,17H,2-3H2,1H3/t;12-,15+,16+,17+,19+,20+,21+,22+;/m.1./s1. The van der Waals surface area contributed by atoms with E-state index in [2.05, 4.69) is 27.7 Å². The summed E-state index contributed by atoms with van der Waals surface area (Å²) in [4.78, 5) is 73.8. The van der Waals surface area contributed by atoms with Crippen molar-refractivity contribution in [2.24, 2.45) is 40.4 Å². The van der Waals surface area contributed by atoms with Gasteiger partial charge in [-0.05, 0) is 111 Å². The fraction of sp³-hybridized carbons (Fsp3) is 0.587. The van der Waals surface area contributed by atoms with E-state index in [9.17, 15) is 44.1 Å². The molecule has 5 aliphatic carbocycles. The van der Waals surface area contributed by atoms with Crippen LogP contribution in [0.4, 0.5) is 4.39 Å². The SMILES string of the molecule is CCCCC(CC)COC(=O)c1ccccc1C(=O)OCC(CC)CCCC.COc1cc2c(c3oc(=O)c4c(c13)CCC4=O)C1C=COC1O2.C[C@@H]1C[C@H]2[C@@H]3CCC4=CC(=O)C=C[C@]4(C)[C@@]3(F)[C@@H](O)C[C@]2(C)[C@@]1(O)C(=O)CO. The summed E-state index contributed by atoms with van der Waals surface area (Å²) in [6, 6.07) is 8.55. The van der Waals surface area contributed by atoms with Crippen LogP contribution in [0.3, 0.4) is 0 Å². The molecule has 2 aliphatic heterocycles.